The Bertz CT molecular complexity index is 458. The molecule has 0 aliphatic carbocycles. The van der Waals surface area contributed by atoms with Gasteiger partial charge in [0.05, 0.1) is 5.56 Å². The Morgan fingerprint density at radius 2 is 2.00 bits per heavy atom. The first-order valence-electron chi connectivity index (χ1n) is 6.35. The predicted octanol–water partition coefficient (Wildman–Crippen LogP) is 3.12. The van der Waals surface area contributed by atoms with E-state index in [0.717, 1.165) is 6.07 Å². The monoisotopic (exact) mass is 289 g/mol. The van der Waals surface area contributed by atoms with E-state index in [1.54, 1.807) is 18.7 Å². The Morgan fingerprint density at radius 1 is 1.35 bits per heavy atom. The number of halogens is 3. The van der Waals surface area contributed by atoms with E-state index in [1.165, 1.54) is 12.1 Å². The molecule has 0 atom stereocenters. The molecule has 0 bridgehead atoms. The van der Waals surface area contributed by atoms with Crippen molar-refractivity contribution in [1.29, 1.82) is 0 Å². The Kier molecular flexibility index (Phi) is 5.56. The van der Waals surface area contributed by atoms with Crippen LogP contribution in [0.25, 0.3) is 0 Å². The topological polar surface area (TPSA) is 40.5 Å². The standard InChI is InChI=1S/C14H18F3NO2/c1-10(2)18(6-3-7-19)13-5-4-11(9-20)8-12(13)14(15,16)17/h4-5,8-10,19H,3,6-7H2,1-2H3. The molecule has 0 amide bonds. The molecule has 0 aliphatic heterocycles. The van der Waals surface area contributed by atoms with Gasteiger partial charge in [-0.15, -0.1) is 0 Å². The highest BCUT2D eigenvalue weighted by Gasteiger charge is 2.35. The second kappa shape index (κ2) is 6.74. The number of benzene rings is 1. The molecule has 1 aromatic carbocycles. The lowest BCUT2D eigenvalue weighted by Gasteiger charge is -2.31. The predicted molar refractivity (Wildman–Crippen MR) is 71.0 cm³/mol. The van der Waals surface area contributed by atoms with Crippen molar-refractivity contribution in [2.45, 2.75) is 32.5 Å². The summed E-state index contributed by atoms with van der Waals surface area (Å²) in [5.74, 6) is 0. The first-order valence-corrected chi connectivity index (χ1v) is 6.35. The van der Waals surface area contributed by atoms with Crippen LogP contribution in [0.3, 0.4) is 0 Å². The third-order valence-corrected chi connectivity index (χ3v) is 2.95. The molecule has 112 valence electrons. The van der Waals surface area contributed by atoms with Crippen LogP contribution in [-0.4, -0.2) is 30.6 Å². The van der Waals surface area contributed by atoms with Crippen molar-refractivity contribution in [3.8, 4) is 0 Å². The zero-order chi connectivity index (χ0) is 15.3. The van der Waals surface area contributed by atoms with Crippen molar-refractivity contribution in [2.75, 3.05) is 18.1 Å². The van der Waals surface area contributed by atoms with Crippen molar-refractivity contribution >= 4 is 12.0 Å². The van der Waals surface area contributed by atoms with E-state index in [4.69, 9.17) is 5.11 Å². The highest BCUT2D eigenvalue weighted by molar-refractivity contribution is 5.77. The molecule has 1 aromatic rings. The summed E-state index contributed by atoms with van der Waals surface area (Å²) < 4.78 is 39.4. The van der Waals surface area contributed by atoms with Crippen molar-refractivity contribution in [2.24, 2.45) is 0 Å². The van der Waals surface area contributed by atoms with Crippen LogP contribution in [0.1, 0.15) is 36.2 Å². The normalized spacial score (nSPS) is 11.8. The highest BCUT2D eigenvalue weighted by atomic mass is 19.4. The molecule has 0 spiro atoms. The molecule has 0 saturated heterocycles. The molecule has 0 unspecified atom stereocenters. The number of carbonyl (C=O) groups is 1. The second-order valence-corrected chi connectivity index (χ2v) is 4.76. The molecule has 0 aliphatic rings. The second-order valence-electron chi connectivity index (χ2n) is 4.76. The minimum atomic E-state index is -4.53. The van der Waals surface area contributed by atoms with Gasteiger partial charge >= 0.3 is 6.18 Å². The molecule has 1 rings (SSSR count). The summed E-state index contributed by atoms with van der Waals surface area (Å²) in [5, 5.41) is 8.86. The maximum absolute atomic E-state index is 13.1. The zero-order valence-electron chi connectivity index (χ0n) is 11.4. The van der Waals surface area contributed by atoms with Crippen molar-refractivity contribution in [3.63, 3.8) is 0 Å². The fraction of sp³-hybridized carbons (Fsp3) is 0.500. The van der Waals surface area contributed by atoms with Crippen LogP contribution < -0.4 is 4.90 Å². The van der Waals surface area contributed by atoms with Crippen LogP contribution in [-0.2, 0) is 6.18 Å². The molecular formula is C14H18F3NO2. The number of rotatable bonds is 6. The molecule has 3 nitrogen and oxygen atoms in total. The summed E-state index contributed by atoms with van der Waals surface area (Å²) in [6, 6.07) is 3.39. The van der Waals surface area contributed by atoms with Crippen LogP contribution in [0.15, 0.2) is 18.2 Å². The summed E-state index contributed by atoms with van der Waals surface area (Å²) in [7, 11) is 0. The third-order valence-electron chi connectivity index (χ3n) is 2.95. The maximum atomic E-state index is 13.1. The Balaban J connectivity index is 3.29. The van der Waals surface area contributed by atoms with E-state index >= 15 is 0 Å². The first-order chi connectivity index (χ1) is 9.31. The Morgan fingerprint density at radius 3 is 2.45 bits per heavy atom. The number of hydrogen-bond donors (Lipinski definition) is 1. The van der Waals surface area contributed by atoms with Gasteiger partial charge in [-0.1, -0.05) is 0 Å². The van der Waals surface area contributed by atoms with E-state index < -0.39 is 11.7 Å². The number of aldehydes is 1. The van der Waals surface area contributed by atoms with Gasteiger partial charge in [0, 0.05) is 30.4 Å². The Hall–Kier alpha value is -1.56. The summed E-state index contributed by atoms with van der Waals surface area (Å²) in [4.78, 5) is 12.2. The zero-order valence-corrected chi connectivity index (χ0v) is 11.4. The number of nitrogens with zero attached hydrogens (tertiary/aromatic N) is 1. The Labute approximate surface area is 116 Å². The van der Waals surface area contributed by atoms with Gasteiger partial charge in [-0.25, -0.2) is 0 Å². The lowest BCUT2D eigenvalue weighted by molar-refractivity contribution is -0.137. The van der Waals surface area contributed by atoms with E-state index in [1.807, 2.05) is 0 Å². The van der Waals surface area contributed by atoms with Gasteiger partial charge in [0.15, 0.2) is 0 Å². The highest BCUT2D eigenvalue weighted by Crippen LogP contribution is 2.37. The minimum absolute atomic E-state index is 0.00746. The molecule has 0 fully saturated rings. The minimum Gasteiger partial charge on any atom is -0.396 e. The molecule has 20 heavy (non-hydrogen) atoms. The smallest absolute Gasteiger partial charge is 0.396 e. The lowest BCUT2D eigenvalue weighted by Crippen LogP contribution is -2.34. The van der Waals surface area contributed by atoms with Gasteiger partial charge in [-0.05, 0) is 38.5 Å². The SMILES string of the molecule is CC(C)N(CCCO)c1ccc(C=O)cc1C(F)(F)F. The average molecular weight is 289 g/mol. The molecule has 0 aromatic heterocycles. The number of hydrogen-bond acceptors (Lipinski definition) is 3. The summed E-state index contributed by atoms with van der Waals surface area (Å²) in [6.07, 6.45) is -3.75. The van der Waals surface area contributed by atoms with E-state index in [9.17, 15) is 18.0 Å². The maximum Gasteiger partial charge on any atom is 0.418 e. The summed E-state index contributed by atoms with van der Waals surface area (Å²) in [6.45, 7) is 3.80. The van der Waals surface area contributed by atoms with Gasteiger partial charge in [0.2, 0.25) is 0 Å². The summed E-state index contributed by atoms with van der Waals surface area (Å²) in [5.41, 5.74) is -0.799. The number of aliphatic hydroxyl groups excluding tert-OH is 1. The first kappa shape index (κ1) is 16.5. The van der Waals surface area contributed by atoms with Gasteiger partial charge in [-0.2, -0.15) is 13.2 Å². The van der Waals surface area contributed by atoms with Gasteiger partial charge in [0.1, 0.15) is 6.29 Å². The van der Waals surface area contributed by atoms with Crippen LogP contribution in [0.5, 0.6) is 0 Å². The van der Waals surface area contributed by atoms with Crippen LogP contribution >= 0.6 is 0 Å². The largest absolute Gasteiger partial charge is 0.418 e. The number of aliphatic hydroxyl groups is 1. The van der Waals surface area contributed by atoms with Gasteiger partial charge < -0.3 is 10.0 Å². The molecule has 0 heterocycles. The van der Waals surface area contributed by atoms with E-state index in [0.29, 0.717) is 19.3 Å². The molecule has 6 heteroatoms. The van der Waals surface area contributed by atoms with Crippen molar-refractivity contribution in [1.82, 2.24) is 0 Å². The number of carbonyl (C=O) groups excluding carboxylic acids is 1. The third kappa shape index (κ3) is 3.96. The van der Waals surface area contributed by atoms with E-state index in [-0.39, 0.29) is 23.9 Å². The van der Waals surface area contributed by atoms with Gasteiger partial charge in [0.25, 0.3) is 0 Å². The van der Waals surface area contributed by atoms with Crippen LogP contribution in [0.4, 0.5) is 18.9 Å². The average Bonchev–Trinajstić information content (AvgIpc) is 2.37. The fourth-order valence-electron chi connectivity index (χ4n) is 2.00. The fourth-order valence-corrected chi connectivity index (χ4v) is 2.00. The summed E-state index contributed by atoms with van der Waals surface area (Å²) >= 11 is 0. The molecule has 1 N–H and O–H groups in total. The van der Waals surface area contributed by atoms with Crippen LogP contribution in [0, 0.1) is 0 Å². The van der Waals surface area contributed by atoms with Gasteiger partial charge in [-0.3, -0.25) is 4.79 Å². The van der Waals surface area contributed by atoms with Crippen molar-refractivity contribution < 1.29 is 23.1 Å². The molecular weight excluding hydrogens is 271 g/mol. The van der Waals surface area contributed by atoms with E-state index in [2.05, 4.69) is 0 Å². The molecule has 0 saturated carbocycles. The number of alkyl halides is 3. The lowest BCUT2D eigenvalue weighted by atomic mass is 10.1. The van der Waals surface area contributed by atoms with Crippen LogP contribution in [0.2, 0.25) is 0 Å². The number of anilines is 1. The van der Waals surface area contributed by atoms with Crippen molar-refractivity contribution in [3.05, 3.63) is 29.3 Å². The molecule has 0 radical (unpaired) electrons. The quantitative estimate of drug-likeness (QED) is 0.818.